The highest BCUT2D eigenvalue weighted by Crippen LogP contribution is 2.28. The van der Waals surface area contributed by atoms with Gasteiger partial charge in [-0.05, 0) is 39.2 Å². The van der Waals surface area contributed by atoms with E-state index in [4.69, 9.17) is 4.74 Å². The Morgan fingerprint density at radius 2 is 2.37 bits per heavy atom. The first-order valence-corrected chi connectivity index (χ1v) is 7.34. The van der Waals surface area contributed by atoms with Crippen molar-refractivity contribution in [2.75, 3.05) is 24.6 Å². The van der Waals surface area contributed by atoms with Crippen LogP contribution in [0.2, 0.25) is 0 Å². The zero-order valence-electron chi connectivity index (χ0n) is 11.5. The number of hydrogen-bond donors (Lipinski definition) is 1. The lowest BCUT2D eigenvalue weighted by Gasteiger charge is -2.29. The van der Waals surface area contributed by atoms with Gasteiger partial charge in [-0.3, -0.25) is 0 Å². The predicted octanol–water partition coefficient (Wildman–Crippen LogP) is 1.60. The van der Waals surface area contributed by atoms with Crippen LogP contribution in [0, 0.1) is 0 Å². The molecule has 0 bridgehead atoms. The van der Waals surface area contributed by atoms with Gasteiger partial charge in [0.2, 0.25) is 11.8 Å². The molecule has 0 radical (unpaired) electrons. The molecule has 3 rings (SSSR count). The molecule has 2 aliphatic heterocycles. The van der Waals surface area contributed by atoms with Gasteiger partial charge in [0.25, 0.3) is 0 Å². The highest BCUT2D eigenvalue weighted by Gasteiger charge is 2.34. The molecule has 19 heavy (non-hydrogen) atoms. The number of ether oxygens (including phenoxy) is 1. The molecule has 0 aromatic carbocycles. The van der Waals surface area contributed by atoms with E-state index in [1.165, 1.54) is 25.7 Å². The predicted molar refractivity (Wildman–Crippen MR) is 74.6 cm³/mol. The topological polar surface area (TPSA) is 50.3 Å². The van der Waals surface area contributed by atoms with Gasteiger partial charge in [-0.2, -0.15) is 4.98 Å². The summed E-state index contributed by atoms with van der Waals surface area (Å²) in [6, 6.07) is 2.97. The van der Waals surface area contributed by atoms with Crippen molar-refractivity contribution in [3.8, 4) is 5.88 Å². The highest BCUT2D eigenvalue weighted by atomic mass is 16.5. The molecule has 2 unspecified atom stereocenters. The van der Waals surface area contributed by atoms with Crippen LogP contribution in [0.3, 0.4) is 0 Å². The minimum absolute atomic E-state index is 0.541. The van der Waals surface area contributed by atoms with Crippen LogP contribution in [0.5, 0.6) is 5.88 Å². The number of hydrogen-bond acceptors (Lipinski definition) is 5. The van der Waals surface area contributed by atoms with E-state index < -0.39 is 0 Å². The summed E-state index contributed by atoms with van der Waals surface area (Å²) in [4.78, 5) is 11.3. The summed E-state index contributed by atoms with van der Waals surface area (Å²) in [5.74, 6) is 1.50. The average Bonchev–Trinajstić information content (AvgIpc) is 3.10. The number of nitrogens with zero attached hydrogens (tertiary/aromatic N) is 3. The van der Waals surface area contributed by atoms with Crippen molar-refractivity contribution in [1.29, 1.82) is 0 Å². The van der Waals surface area contributed by atoms with Crippen molar-refractivity contribution in [3.63, 3.8) is 0 Å². The molecule has 2 fully saturated rings. The lowest BCUT2D eigenvalue weighted by atomic mass is 10.0. The molecule has 2 atom stereocenters. The second kappa shape index (κ2) is 5.74. The third-order valence-corrected chi connectivity index (χ3v) is 4.03. The Bertz CT molecular complexity index is 420. The molecular weight excluding hydrogens is 240 g/mol. The van der Waals surface area contributed by atoms with E-state index in [0.29, 0.717) is 24.6 Å². The standard InChI is InChI=1S/C14H22N4O/c1-2-19-13-7-9-16-14(17-13)18-10-4-6-12(18)11-5-3-8-15-11/h7,9,11-12,15H,2-6,8,10H2,1H3. The Morgan fingerprint density at radius 1 is 1.42 bits per heavy atom. The van der Waals surface area contributed by atoms with Gasteiger partial charge in [-0.25, -0.2) is 4.98 Å². The second-order valence-electron chi connectivity index (χ2n) is 5.23. The SMILES string of the molecule is CCOc1ccnc(N2CCCC2C2CCCN2)n1. The monoisotopic (exact) mass is 262 g/mol. The summed E-state index contributed by atoms with van der Waals surface area (Å²) in [6.07, 6.45) is 6.82. The zero-order chi connectivity index (χ0) is 13.1. The van der Waals surface area contributed by atoms with Crippen LogP contribution in [-0.4, -0.2) is 41.7 Å². The molecular formula is C14H22N4O. The first-order valence-electron chi connectivity index (χ1n) is 7.34. The lowest BCUT2D eigenvalue weighted by molar-refractivity contribution is 0.326. The van der Waals surface area contributed by atoms with Crippen molar-refractivity contribution in [2.45, 2.75) is 44.7 Å². The minimum Gasteiger partial charge on any atom is -0.478 e. The summed E-state index contributed by atoms with van der Waals surface area (Å²) in [6.45, 7) is 4.82. The van der Waals surface area contributed by atoms with Crippen molar-refractivity contribution < 1.29 is 4.74 Å². The molecule has 5 heteroatoms. The summed E-state index contributed by atoms with van der Waals surface area (Å²) in [5.41, 5.74) is 0. The van der Waals surface area contributed by atoms with E-state index in [1.807, 2.05) is 13.0 Å². The third-order valence-electron chi connectivity index (χ3n) is 4.03. The second-order valence-corrected chi connectivity index (χ2v) is 5.23. The highest BCUT2D eigenvalue weighted by molar-refractivity contribution is 5.36. The van der Waals surface area contributed by atoms with Gasteiger partial charge in [-0.1, -0.05) is 0 Å². The molecule has 104 valence electrons. The van der Waals surface area contributed by atoms with Gasteiger partial charge >= 0.3 is 0 Å². The van der Waals surface area contributed by atoms with Gasteiger partial charge in [0.1, 0.15) is 0 Å². The van der Waals surface area contributed by atoms with Gasteiger partial charge in [0, 0.05) is 30.9 Å². The van der Waals surface area contributed by atoms with E-state index in [9.17, 15) is 0 Å². The Hall–Kier alpha value is -1.36. The smallest absolute Gasteiger partial charge is 0.228 e. The van der Waals surface area contributed by atoms with E-state index in [0.717, 1.165) is 19.0 Å². The molecule has 1 aromatic heterocycles. The van der Waals surface area contributed by atoms with Crippen LogP contribution < -0.4 is 15.0 Å². The van der Waals surface area contributed by atoms with Gasteiger partial charge in [-0.15, -0.1) is 0 Å². The third kappa shape index (κ3) is 2.66. The van der Waals surface area contributed by atoms with Crippen molar-refractivity contribution in [2.24, 2.45) is 0 Å². The number of nitrogens with one attached hydrogen (secondary N) is 1. The van der Waals surface area contributed by atoms with E-state index >= 15 is 0 Å². The van der Waals surface area contributed by atoms with Gasteiger partial charge in [0.05, 0.1) is 6.61 Å². The molecule has 2 saturated heterocycles. The molecule has 1 N–H and O–H groups in total. The summed E-state index contributed by atoms with van der Waals surface area (Å²) in [5, 5.41) is 3.61. The molecule has 1 aromatic rings. The average molecular weight is 262 g/mol. The molecule has 5 nitrogen and oxygen atoms in total. The quantitative estimate of drug-likeness (QED) is 0.893. The first kappa shape index (κ1) is 12.7. The van der Waals surface area contributed by atoms with Crippen LogP contribution in [-0.2, 0) is 0 Å². The van der Waals surface area contributed by atoms with E-state index in [2.05, 4.69) is 20.2 Å². The Kier molecular flexibility index (Phi) is 3.82. The van der Waals surface area contributed by atoms with E-state index in [-0.39, 0.29) is 0 Å². The van der Waals surface area contributed by atoms with E-state index in [1.54, 1.807) is 6.20 Å². The fourth-order valence-corrected chi connectivity index (χ4v) is 3.20. The van der Waals surface area contributed by atoms with Crippen LogP contribution in [0.15, 0.2) is 12.3 Å². The molecule has 0 aliphatic carbocycles. The Morgan fingerprint density at radius 3 is 3.16 bits per heavy atom. The summed E-state index contributed by atoms with van der Waals surface area (Å²) < 4.78 is 5.47. The molecule has 0 spiro atoms. The number of rotatable bonds is 4. The minimum atomic E-state index is 0.541. The van der Waals surface area contributed by atoms with Gasteiger partial charge < -0.3 is 15.0 Å². The molecule has 0 amide bonds. The van der Waals surface area contributed by atoms with Crippen LogP contribution in [0.4, 0.5) is 5.95 Å². The maximum absolute atomic E-state index is 5.47. The fraction of sp³-hybridized carbons (Fsp3) is 0.714. The van der Waals surface area contributed by atoms with Crippen LogP contribution in [0.25, 0.3) is 0 Å². The van der Waals surface area contributed by atoms with Crippen molar-refractivity contribution >= 4 is 5.95 Å². The summed E-state index contributed by atoms with van der Waals surface area (Å²) in [7, 11) is 0. The molecule has 3 heterocycles. The van der Waals surface area contributed by atoms with Crippen LogP contribution >= 0.6 is 0 Å². The molecule has 2 aliphatic rings. The summed E-state index contributed by atoms with van der Waals surface area (Å²) >= 11 is 0. The Balaban J connectivity index is 1.77. The maximum Gasteiger partial charge on any atom is 0.228 e. The fourth-order valence-electron chi connectivity index (χ4n) is 3.20. The Labute approximate surface area is 114 Å². The number of anilines is 1. The normalized spacial score (nSPS) is 26.9. The maximum atomic E-state index is 5.47. The van der Waals surface area contributed by atoms with Crippen LogP contribution in [0.1, 0.15) is 32.6 Å². The van der Waals surface area contributed by atoms with Gasteiger partial charge in [0.15, 0.2) is 0 Å². The first-order chi connectivity index (χ1) is 9.38. The lowest BCUT2D eigenvalue weighted by Crippen LogP contribution is -2.44. The van der Waals surface area contributed by atoms with Crippen molar-refractivity contribution in [3.05, 3.63) is 12.3 Å². The number of aromatic nitrogens is 2. The zero-order valence-corrected chi connectivity index (χ0v) is 11.5. The molecule has 0 saturated carbocycles. The largest absolute Gasteiger partial charge is 0.478 e. The van der Waals surface area contributed by atoms with Crippen molar-refractivity contribution in [1.82, 2.24) is 15.3 Å².